The van der Waals surface area contributed by atoms with Crippen molar-refractivity contribution in [2.45, 2.75) is 12.6 Å². The minimum Gasteiger partial charge on any atom is -0.497 e. The maximum Gasteiger partial charge on any atom is 0.321 e. The zero-order valence-corrected chi connectivity index (χ0v) is 16.9. The Morgan fingerprint density at radius 2 is 1.69 bits per heavy atom. The van der Waals surface area contributed by atoms with Crippen LogP contribution in [-0.2, 0) is 11.3 Å². The van der Waals surface area contributed by atoms with Crippen LogP contribution in [0.4, 0.5) is 4.79 Å². The van der Waals surface area contributed by atoms with Crippen molar-refractivity contribution in [3.05, 3.63) is 77.9 Å². The van der Waals surface area contributed by atoms with E-state index in [2.05, 4.69) is 28.8 Å². The van der Waals surface area contributed by atoms with Gasteiger partial charge in [0.2, 0.25) is 0 Å². The first-order valence-corrected chi connectivity index (χ1v) is 9.48. The number of nitrogens with one attached hydrogen (secondary N) is 3. The molecule has 0 fully saturated rings. The van der Waals surface area contributed by atoms with Crippen LogP contribution in [0.25, 0.3) is 10.8 Å². The number of quaternary nitrogens is 1. The second-order valence-electron chi connectivity index (χ2n) is 6.98. The molecule has 6 heteroatoms. The number of benzene rings is 3. The van der Waals surface area contributed by atoms with E-state index in [0.717, 1.165) is 32.5 Å². The highest BCUT2D eigenvalue weighted by Gasteiger charge is 2.30. The average molecular weight is 392 g/mol. The molecule has 0 aliphatic heterocycles. The standard InChI is InChI=1S/C23H25N3O3/c1-24-23(28)25-22(27)21(17-7-5-4-6-8-17)26(2)15-16-9-10-19-14-20(29-3)12-11-18(19)13-16/h4-14,21H,15H2,1-3H3,(H2,24,25,27,28)/p+1/t21-/m0/s1. The summed E-state index contributed by atoms with van der Waals surface area (Å²) in [6, 6.07) is 20.7. The van der Waals surface area contributed by atoms with E-state index in [4.69, 9.17) is 4.74 Å². The number of ether oxygens (including phenoxy) is 1. The highest BCUT2D eigenvalue weighted by molar-refractivity contribution is 5.96. The molecule has 29 heavy (non-hydrogen) atoms. The Morgan fingerprint density at radius 3 is 2.38 bits per heavy atom. The molecule has 3 amide bonds. The molecule has 6 nitrogen and oxygen atoms in total. The fourth-order valence-corrected chi connectivity index (χ4v) is 3.49. The number of hydrogen-bond acceptors (Lipinski definition) is 3. The van der Waals surface area contributed by atoms with Crippen molar-refractivity contribution in [1.29, 1.82) is 0 Å². The molecule has 0 bridgehead atoms. The molecule has 3 aromatic carbocycles. The summed E-state index contributed by atoms with van der Waals surface area (Å²) in [6.45, 7) is 0.628. The van der Waals surface area contributed by atoms with E-state index in [9.17, 15) is 9.59 Å². The monoisotopic (exact) mass is 392 g/mol. The predicted octanol–water partition coefficient (Wildman–Crippen LogP) is 2.06. The SMILES string of the molecule is CNC(=O)NC(=O)[C@H](c1ccccc1)[NH+](C)Cc1ccc2cc(OC)ccc2c1. The average Bonchev–Trinajstić information content (AvgIpc) is 2.74. The number of urea groups is 1. The number of amides is 3. The lowest BCUT2D eigenvalue weighted by Gasteiger charge is -2.24. The molecule has 0 heterocycles. The van der Waals surface area contributed by atoms with Crippen molar-refractivity contribution in [2.75, 3.05) is 21.2 Å². The molecule has 1 unspecified atom stereocenters. The molecule has 0 aromatic heterocycles. The van der Waals surface area contributed by atoms with Gasteiger partial charge in [-0.05, 0) is 29.0 Å². The van der Waals surface area contributed by atoms with Crippen LogP contribution in [0.2, 0.25) is 0 Å². The first kappa shape index (κ1) is 20.4. The van der Waals surface area contributed by atoms with Gasteiger partial charge in [0.1, 0.15) is 12.3 Å². The molecule has 0 aliphatic carbocycles. The van der Waals surface area contributed by atoms with E-state index in [1.165, 1.54) is 7.05 Å². The Kier molecular flexibility index (Phi) is 6.46. The molecule has 3 rings (SSSR count). The lowest BCUT2D eigenvalue weighted by Crippen LogP contribution is -3.09. The number of hydrogen-bond donors (Lipinski definition) is 3. The number of carbonyl (C=O) groups is 2. The first-order chi connectivity index (χ1) is 14.0. The number of carbonyl (C=O) groups excluding carboxylic acids is 2. The summed E-state index contributed by atoms with van der Waals surface area (Å²) < 4.78 is 5.28. The summed E-state index contributed by atoms with van der Waals surface area (Å²) in [4.78, 5) is 25.5. The van der Waals surface area contributed by atoms with Crippen molar-refractivity contribution in [3.8, 4) is 5.75 Å². The molecular weight excluding hydrogens is 366 g/mol. The zero-order valence-electron chi connectivity index (χ0n) is 16.9. The van der Waals surface area contributed by atoms with Gasteiger partial charge in [-0.3, -0.25) is 10.1 Å². The van der Waals surface area contributed by atoms with Crippen molar-refractivity contribution in [1.82, 2.24) is 10.6 Å². The zero-order chi connectivity index (χ0) is 20.8. The smallest absolute Gasteiger partial charge is 0.321 e. The minimum absolute atomic E-state index is 0.335. The molecule has 150 valence electrons. The predicted molar refractivity (Wildman–Crippen MR) is 113 cm³/mol. The van der Waals surface area contributed by atoms with Crippen LogP contribution >= 0.6 is 0 Å². The van der Waals surface area contributed by atoms with Gasteiger partial charge in [0, 0.05) is 18.2 Å². The highest BCUT2D eigenvalue weighted by Crippen LogP contribution is 2.22. The Hall–Kier alpha value is -3.38. The molecule has 2 atom stereocenters. The van der Waals surface area contributed by atoms with E-state index in [-0.39, 0.29) is 5.91 Å². The summed E-state index contributed by atoms with van der Waals surface area (Å²) >= 11 is 0. The molecule has 0 spiro atoms. The molecule has 0 aliphatic rings. The number of likely N-dealkylation sites (N-methyl/N-ethyl adjacent to an activating group) is 1. The molecule has 0 saturated heterocycles. The maximum atomic E-state index is 12.8. The third kappa shape index (κ3) is 4.92. The number of methoxy groups -OCH3 is 1. The van der Waals surface area contributed by atoms with Crippen LogP contribution in [0.15, 0.2) is 66.7 Å². The van der Waals surface area contributed by atoms with Gasteiger partial charge in [-0.15, -0.1) is 0 Å². The number of imide groups is 1. The molecular formula is C23H26N3O3+. The molecule has 0 radical (unpaired) electrons. The van der Waals surface area contributed by atoms with Gasteiger partial charge in [0.05, 0.1) is 14.2 Å². The van der Waals surface area contributed by atoms with E-state index >= 15 is 0 Å². The third-order valence-electron chi connectivity index (χ3n) is 4.95. The van der Waals surface area contributed by atoms with Crippen LogP contribution in [0, 0.1) is 0 Å². The van der Waals surface area contributed by atoms with Crippen LogP contribution in [0.3, 0.4) is 0 Å². The normalized spacial score (nSPS) is 12.8. The topological polar surface area (TPSA) is 71.9 Å². The fraction of sp³-hybridized carbons (Fsp3) is 0.217. The van der Waals surface area contributed by atoms with E-state index in [1.807, 2.05) is 55.6 Å². The summed E-state index contributed by atoms with van der Waals surface area (Å²) in [5.74, 6) is 0.488. The van der Waals surface area contributed by atoms with E-state index < -0.39 is 12.1 Å². The lowest BCUT2D eigenvalue weighted by molar-refractivity contribution is -0.916. The second kappa shape index (κ2) is 9.21. The Bertz CT molecular complexity index is 1000. The van der Waals surface area contributed by atoms with Crippen LogP contribution < -0.4 is 20.3 Å². The Morgan fingerprint density at radius 1 is 1.00 bits per heavy atom. The highest BCUT2D eigenvalue weighted by atomic mass is 16.5. The van der Waals surface area contributed by atoms with Crippen molar-refractivity contribution in [3.63, 3.8) is 0 Å². The summed E-state index contributed by atoms with van der Waals surface area (Å²) in [7, 11) is 5.10. The third-order valence-corrected chi connectivity index (χ3v) is 4.95. The Labute approximate surface area is 170 Å². The maximum absolute atomic E-state index is 12.8. The number of fused-ring (bicyclic) bond motifs is 1. The molecule has 0 saturated carbocycles. The van der Waals surface area contributed by atoms with E-state index in [0.29, 0.717) is 6.54 Å². The summed E-state index contributed by atoms with van der Waals surface area (Å²) in [5, 5.41) is 7.06. The van der Waals surface area contributed by atoms with Crippen LogP contribution in [-0.4, -0.2) is 33.1 Å². The van der Waals surface area contributed by atoms with Gasteiger partial charge in [-0.25, -0.2) is 4.79 Å². The largest absolute Gasteiger partial charge is 0.497 e. The minimum atomic E-state index is -0.514. The van der Waals surface area contributed by atoms with Gasteiger partial charge in [0.15, 0.2) is 6.04 Å². The van der Waals surface area contributed by atoms with Crippen LogP contribution in [0.5, 0.6) is 5.75 Å². The first-order valence-electron chi connectivity index (χ1n) is 9.48. The van der Waals surface area contributed by atoms with Gasteiger partial charge < -0.3 is 15.0 Å². The quantitative estimate of drug-likeness (QED) is 0.601. The second-order valence-corrected chi connectivity index (χ2v) is 6.98. The van der Waals surface area contributed by atoms with E-state index in [1.54, 1.807) is 7.11 Å². The van der Waals surface area contributed by atoms with Crippen molar-refractivity contribution >= 4 is 22.7 Å². The van der Waals surface area contributed by atoms with Gasteiger partial charge >= 0.3 is 6.03 Å². The molecule has 3 aromatic rings. The van der Waals surface area contributed by atoms with Crippen molar-refractivity contribution in [2.24, 2.45) is 0 Å². The van der Waals surface area contributed by atoms with Gasteiger partial charge in [-0.1, -0.05) is 48.5 Å². The van der Waals surface area contributed by atoms with Gasteiger partial charge in [0.25, 0.3) is 5.91 Å². The molecule has 3 N–H and O–H groups in total. The van der Waals surface area contributed by atoms with Gasteiger partial charge in [-0.2, -0.15) is 0 Å². The lowest BCUT2D eigenvalue weighted by atomic mass is 10.0. The fourth-order valence-electron chi connectivity index (χ4n) is 3.49. The number of rotatable bonds is 6. The van der Waals surface area contributed by atoms with Crippen LogP contribution in [0.1, 0.15) is 17.2 Å². The Balaban J connectivity index is 1.85. The summed E-state index contributed by atoms with van der Waals surface area (Å²) in [5.41, 5.74) is 1.96. The summed E-state index contributed by atoms with van der Waals surface area (Å²) in [6.07, 6.45) is 0. The van der Waals surface area contributed by atoms with Crippen molar-refractivity contribution < 1.29 is 19.2 Å².